The van der Waals surface area contributed by atoms with Gasteiger partial charge in [0, 0.05) is 11.1 Å². The fourth-order valence-electron chi connectivity index (χ4n) is 3.05. The Kier molecular flexibility index (Phi) is 5.24. The summed E-state index contributed by atoms with van der Waals surface area (Å²) < 4.78 is 0. The molecule has 0 aliphatic carbocycles. The first-order valence-electron chi connectivity index (χ1n) is 9.80. The highest BCUT2D eigenvalue weighted by atomic mass is 16.1. The van der Waals surface area contributed by atoms with Crippen LogP contribution >= 0.6 is 0 Å². The van der Waals surface area contributed by atoms with E-state index in [2.05, 4.69) is 80.8 Å². The van der Waals surface area contributed by atoms with Crippen LogP contribution in [0.5, 0.6) is 0 Å². The second kappa shape index (κ2) is 7.34. The van der Waals surface area contributed by atoms with Crippen molar-refractivity contribution in [1.29, 1.82) is 0 Å². The lowest BCUT2D eigenvalue weighted by molar-refractivity contribution is 0.506. The molecule has 0 saturated heterocycles. The Morgan fingerprint density at radius 3 is 1.86 bits per heavy atom. The summed E-state index contributed by atoms with van der Waals surface area (Å²) in [5.41, 5.74) is 4.03. The Morgan fingerprint density at radius 2 is 1.32 bits per heavy atom. The van der Waals surface area contributed by atoms with E-state index in [1.165, 1.54) is 11.1 Å². The Balaban J connectivity index is 1.97. The summed E-state index contributed by atoms with van der Waals surface area (Å²) in [7, 11) is 0. The van der Waals surface area contributed by atoms with Gasteiger partial charge in [0.05, 0.1) is 0 Å². The van der Waals surface area contributed by atoms with Gasteiger partial charge in [0.2, 0.25) is 0 Å². The van der Waals surface area contributed by atoms with E-state index in [0.29, 0.717) is 11.6 Å². The molecule has 0 unspecified atom stereocenters. The molecular weight excluding hydrogens is 346 g/mol. The molecule has 1 aromatic heterocycles. The van der Waals surface area contributed by atoms with Gasteiger partial charge in [-0.25, -0.2) is 9.78 Å². The molecule has 0 aliphatic heterocycles. The van der Waals surface area contributed by atoms with Gasteiger partial charge in [-0.2, -0.15) is 4.98 Å². The van der Waals surface area contributed by atoms with Crippen LogP contribution in [0.4, 0.5) is 0 Å². The van der Waals surface area contributed by atoms with Crippen LogP contribution in [0.1, 0.15) is 59.1 Å². The molecule has 0 aliphatic rings. The van der Waals surface area contributed by atoms with Crippen LogP contribution < -0.4 is 5.69 Å². The van der Waals surface area contributed by atoms with Crippen LogP contribution in [-0.4, -0.2) is 15.0 Å². The molecule has 0 radical (unpaired) electrons. The Hall–Kier alpha value is -2.75. The van der Waals surface area contributed by atoms with E-state index in [1.807, 2.05) is 24.3 Å². The maximum Gasteiger partial charge on any atom is 0.348 e. The maximum atomic E-state index is 12.1. The van der Waals surface area contributed by atoms with E-state index < -0.39 is 5.69 Å². The van der Waals surface area contributed by atoms with E-state index in [9.17, 15) is 4.79 Å². The molecule has 1 heterocycles. The van der Waals surface area contributed by atoms with Gasteiger partial charge in [-0.1, -0.05) is 90.1 Å². The minimum Gasteiger partial charge on any atom is -0.290 e. The SMILES string of the molecule is CCC(C)(C)c1ccc(-c2nc(-c3ccc(C(C)(C)C)cc3)nc(=O)[nH]2)cc1. The van der Waals surface area contributed by atoms with Crippen molar-refractivity contribution >= 4 is 0 Å². The number of hydrogen-bond donors (Lipinski definition) is 1. The molecule has 0 amide bonds. The van der Waals surface area contributed by atoms with Gasteiger partial charge in [0.1, 0.15) is 5.82 Å². The topological polar surface area (TPSA) is 58.6 Å². The van der Waals surface area contributed by atoms with Crippen LogP contribution in [0.25, 0.3) is 22.8 Å². The minimum absolute atomic E-state index is 0.0761. The van der Waals surface area contributed by atoms with Crippen LogP contribution in [-0.2, 0) is 10.8 Å². The van der Waals surface area contributed by atoms with Crippen molar-refractivity contribution in [3.63, 3.8) is 0 Å². The molecule has 2 aromatic carbocycles. The third-order valence-electron chi connectivity index (χ3n) is 5.48. The molecule has 146 valence electrons. The van der Waals surface area contributed by atoms with Crippen molar-refractivity contribution in [2.24, 2.45) is 0 Å². The largest absolute Gasteiger partial charge is 0.348 e. The fraction of sp³-hybridized carbons (Fsp3) is 0.375. The molecular formula is C24H29N3O. The van der Waals surface area contributed by atoms with Crippen molar-refractivity contribution in [2.45, 2.75) is 58.8 Å². The van der Waals surface area contributed by atoms with E-state index >= 15 is 0 Å². The average molecular weight is 376 g/mol. The van der Waals surface area contributed by atoms with Gasteiger partial charge in [0.25, 0.3) is 0 Å². The molecule has 4 heteroatoms. The lowest BCUT2D eigenvalue weighted by Crippen LogP contribution is -2.16. The summed E-state index contributed by atoms with van der Waals surface area (Å²) in [4.78, 5) is 23.6. The standard InChI is InChI=1S/C24H29N3O/c1-7-24(5,6)19-14-10-17(11-15-19)21-25-20(26-22(28)27-21)16-8-12-18(13-9-16)23(2,3)4/h8-15H,7H2,1-6H3,(H,25,26,27,28). The summed E-state index contributed by atoms with van der Waals surface area (Å²) in [6, 6.07) is 16.3. The van der Waals surface area contributed by atoms with Gasteiger partial charge in [-0.05, 0) is 28.4 Å². The van der Waals surface area contributed by atoms with Crippen molar-refractivity contribution in [2.75, 3.05) is 0 Å². The highest BCUT2D eigenvalue weighted by molar-refractivity contribution is 5.61. The van der Waals surface area contributed by atoms with Crippen molar-refractivity contribution in [1.82, 2.24) is 15.0 Å². The molecule has 3 aromatic rings. The maximum absolute atomic E-state index is 12.1. The molecule has 0 bridgehead atoms. The molecule has 0 atom stereocenters. The number of nitrogens with zero attached hydrogens (tertiary/aromatic N) is 2. The van der Waals surface area contributed by atoms with E-state index in [0.717, 1.165) is 17.5 Å². The quantitative estimate of drug-likeness (QED) is 0.656. The van der Waals surface area contributed by atoms with Crippen molar-refractivity contribution < 1.29 is 0 Å². The first kappa shape index (κ1) is 20.0. The van der Waals surface area contributed by atoms with Gasteiger partial charge in [-0.3, -0.25) is 4.98 Å². The van der Waals surface area contributed by atoms with Crippen molar-refractivity contribution in [3.05, 3.63) is 70.1 Å². The summed E-state index contributed by atoms with van der Waals surface area (Å²) >= 11 is 0. The van der Waals surface area contributed by atoms with Crippen LogP contribution in [0, 0.1) is 0 Å². The summed E-state index contributed by atoms with van der Waals surface area (Å²) in [5, 5.41) is 0. The second-order valence-electron chi connectivity index (χ2n) is 8.97. The molecule has 0 fully saturated rings. The summed E-state index contributed by atoms with van der Waals surface area (Å²) in [6.45, 7) is 13.2. The third kappa shape index (κ3) is 4.22. The third-order valence-corrected chi connectivity index (χ3v) is 5.48. The first-order valence-corrected chi connectivity index (χ1v) is 9.80. The fourth-order valence-corrected chi connectivity index (χ4v) is 3.05. The van der Waals surface area contributed by atoms with Gasteiger partial charge in [0.15, 0.2) is 5.82 Å². The number of hydrogen-bond acceptors (Lipinski definition) is 3. The number of nitrogens with one attached hydrogen (secondary N) is 1. The molecule has 0 saturated carbocycles. The number of aromatic nitrogens is 3. The molecule has 1 N–H and O–H groups in total. The molecule has 28 heavy (non-hydrogen) atoms. The normalized spacial score (nSPS) is 12.2. The zero-order valence-electron chi connectivity index (χ0n) is 17.6. The van der Waals surface area contributed by atoms with Gasteiger partial charge < -0.3 is 0 Å². The van der Waals surface area contributed by atoms with Crippen molar-refractivity contribution in [3.8, 4) is 22.8 Å². The van der Waals surface area contributed by atoms with E-state index in [4.69, 9.17) is 0 Å². The van der Waals surface area contributed by atoms with Gasteiger partial charge in [-0.15, -0.1) is 0 Å². The molecule has 4 nitrogen and oxygen atoms in total. The lowest BCUT2D eigenvalue weighted by Gasteiger charge is -2.23. The predicted octanol–water partition coefficient (Wildman–Crippen LogP) is 5.48. The second-order valence-corrected chi connectivity index (χ2v) is 8.97. The summed E-state index contributed by atoms with van der Waals surface area (Å²) in [6.07, 6.45) is 1.06. The van der Waals surface area contributed by atoms with E-state index in [-0.39, 0.29) is 10.8 Å². The highest BCUT2D eigenvalue weighted by Crippen LogP contribution is 2.29. The Bertz CT molecular complexity index is 1010. The van der Waals surface area contributed by atoms with Crippen LogP contribution in [0.3, 0.4) is 0 Å². The van der Waals surface area contributed by atoms with Gasteiger partial charge >= 0.3 is 5.69 Å². The van der Waals surface area contributed by atoms with Crippen LogP contribution in [0.15, 0.2) is 53.3 Å². The Morgan fingerprint density at radius 1 is 0.786 bits per heavy atom. The summed E-state index contributed by atoms with van der Waals surface area (Å²) in [5.74, 6) is 0.980. The number of aromatic amines is 1. The Labute approximate surface area is 167 Å². The zero-order chi connectivity index (χ0) is 20.5. The highest BCUT2D eigenvalue weighted by Gasteiger charge is 2.18. The number of H-pyrrole nitrogens is 1. The molecule has 3 rings (SSSR count). The first-order chi connectivity index (χ1) is 13.1. The van der Waals surface area contributed by atoms with Crippen LogP contribution in [0.2, 0.25) is 0 Å². The minimum atomic E-state index is -0.391. The van der Waals surface area contributed by atoms with E-state index in [1.54, 1.807) is 0 Å². The molecule has 0 spiro atoms. The zero-order valence-corrected chi connectivity index (χ0v) is 17.6. The predicted molar refractivity (Wildman–Crippen MR) is 116 cm³/mol. The lowest BCUT2D eigenvalue weighted by atomic mass is 9.82. The number of benzene rings is 2. The average Bonchev–Trinajstić information content (AvgIpc) is 2.67. The smallest absolute Gasteiger partial charge is 0.290 e. The number of rotatable bonds is 4. The monoisotopic (exact) mass is 375 g/mol.